The van der Waals surface area contributed by atoms with Crippen molar-refractivity contribution in [2.45, 2.75) is 32.7 Å². The van der Waals surface area contributed by atoms with Crippen LogP contribution in [0.2, 0.25) is 0 Å². The highest BCUT2D eigenvalue weighted by atomic mass is 16.2. The summed E-state index contributed by atoms with van der Waals surface area (Å²) in [6.07, 6.45) is 2.22. The summed E-state index contributed by atoms with van der Waals surface area (Å²) in [6.45, 7) is 5.30. The van der Waals surface area contributed by atoms with Crippen LogP contribution in [-0.4, -0.2) is 50.9 Å². The van der Waals surface area contributed by atoms with E-state index in [0.717, 1.165) is 36.1 Å². The van der Waals surface area contributed by atoms with E-state index in [1.54, 1.807) is 0 Å². The van der Waals surface area contributed by atoms with Crippen LogP contribution >= 0.6 is 0 Å². The van der Waals surface area contributed by atoms with Crippen molar-refractivity contribution in [3.05, 3.63) is 58.7 Å². The molecule has 2 N–H and O–H groups in total. The summed E-state index contributed by atoms with van der Waals surface area (Å²) in [5.41, 5.74) is 6.38. The molecule has 160 valence electrons. The highest BCUT2D eigenvalue weighted by molar-refractivity contribution is 6.39. The first kappa shape index (κ1) is 21.8. The zero-order valence-corrected chi connectivity index (χ0v) is 18.6. The van der Waals surface area contributed by atoms with Crippen LogP contribution in [-0.2, 0) is 16.0 Å². The number of anilines is 2. The monoisotopic (exact) mass is 408 g/mol. The van der Waals surface area contributed by atoms with Gasteiger partial charge in [-0.2, -0.15) is 0 Å². The molecule has 0 aromatic heterocycles. The molecule has 0 radical (unpaired) electrons. The van der Waals surface area contributed by atoms with Gasteiger partial charge in [-0.1, -0.05) is 24.3 Å². The Kier molecular flexibility index (Phi) is 6.77. The number of benzene rings is 2. The fraction of sp³-hybridized carbons (Fsp3) is 0.417. The number of aryl methyl sites for hydroxylation is 3. The lowest BCUT2D eigenvalue weighted by Crippen LogP contribution is -2.40. The number of fused-ring (bicyclic) bond motifs is 1. The number of nitrogens with one attached hydrogen (secondary N) is 2. The van der Waals surface area contributed by atoms with E-state index in [1.807, 2.05) is 46.1 Å². The van der Waals surface area contributed by atoms with Gasteiger partial charge in [0.25, 0.3) is 0 Å². The Morgan fingerprint density at radius 1 is 1.10 bits per heavy atom. The number of carbonyl (C=O) groups excluding carboxylic acids is 2. The molecule has 2 aromatic rings. The van der Waals surface area contributed by atoms with Gasteiger partial charge in [0.15, 0.2) is 0 Å². The maximum Gasteiger partial charge on any atom is 0.313 e. The molecule has 6 nitrogen and oxygen atoms in total. The van der Waals surface area contributed by atoms with Crippen LogP contribution in [0.15, 0.2) is 36.4 Å². The Bertz CT molecular complexity index is 939. The van der Waals surface area contributed by atoms with E-state index in [4.69, 9.17) is 0 Å². The lowest BCUT2D eigenvalue weighted by atomic mass is 9.96. The van der Waals surface area contributed by atoms with Crippen LogP contribution in [0.25, 0.3) is 0 Å². The minimum absolute atomic E-state index is 0.0139. The van der Waals surface area contributed by atoms with Crippen molar-refractivity contribution >= 4 is 23.2 Å². The number of likely N-dealkylation sites (N-methyl/N-ethyl adjacent to an activating group) is 1. The molecule has 0 bridgehead atoms. The quantitative estimate of drug-likeness (QED) is 0.747. The molecular formula is C24H32N4O2. The molecule has 1 heterocycles. The first-order chi connectivity index (χ1) is 14.3. The molecular weight excluding hydrogens is 376 g/mol. The summed E-state index contributed by atoms with van der Waals surface area (Å²) >= 11 is 0. The minimum Gasteiger partial charge on any atom is -0.374 e. The highest BCUT2D eigenvalue weighted by Crippen LogP contribution is 2.29. The van der Waals surface area contributed by atoms with E-state index < -0.39 is 11.8 Å². The normalized spacial score (nSPS) is 14.3. The zero-order valence-electron chi connectivity index (χ0n) is 18.6. The molecule has 0 saturated carbocycles. The number of carbonyl (C=O) groups is 2. The summed E-state index contributed by atoms with van der Waals surface area (Å²) in [5, 5.41) is 5.52. The Balaban J connectivity index is 1.66. The summed E-state index contributed by atoms with van der Waals surface area (Å²) < 4.78 is 0. The van der Waals surface area contributed by atoms with Gasteiger partial charge in [-0.3, -0.25) is 9.59 Å². The maximum atomic E-state index is 12.4. The van der Waals surface area contributed by atoms with Crippen molar-refractivity contribution in [2.24, 2.45) is 0 Å². The summed E-state index contributed by atoms with van der Waals surface area (Å²) in [6, 6.07) is 12.3. The fourth-order valence-corrected chi connectivity index (χ4v) is 3.93. The second-order valence-corrected chi connectivity index (χ2v) is 8.38. The third-order valence-corrected chi connectivity index (χ3v) is 5.77. The molecule has 0 aliphatic carbocycles. The van der Waals surface area contributed by atoms with E-state index >= 15 is 0 Å². The van der Waals surface area contributed by atoms with Gasteiger partial charge >= 0.3 is 11.8 Å². The molecule has 2 amide bonds. The van der Waals surface area contributed by atoms with Crippen LogP contribution < -0.4 is 15.5 Å². The SMILES string of the molecule is Cc1ccc(C)c(NC(=O)C(=O)NC[C@H](c2ccc3c(c2)CCCN3C)N(C)C)c1. The average molecular weight is 409 g/mol. The predicted molar refractivity (Wildman–Crippen MR) is 122 cm³/mol. The van der Waals surface area contributed by atoms with Crippen molar-refractivity contribution in [3.8, 4) is 0 Å². The molecule has 0 spiro atoms. The number of hydrogen-bond acceptors (Lipinski definition) is 4. The number of rotatable bonds is 5. The van der Waals surface area contributed by atoms with Crippen LogP contribution in [0.5, 0.6) is 0 Å². The summed E-state index contributed by atoms with van der Waals surface area (Å²) in [7, 11) is 6.09. The van der Waals surface area contributed by atoms with Gasteiger partial charge in [0.1, 0.15) is 0 Å². The standard InChI is InChI=1S/C24H32N4O2/c1-16-8-9-17(2)20(13-16)26-24(30)23(29)25-15-22(27(3)4)19-10-11-21-18(14-19)7-6-12-28(21)5/h8-11,13-14,22H,6-7,12,15H2,1-5H3,(H,25,29)(H,26,30)/t22-/m1/s1. The summed E-state index contributed by atoms with van der Waals surface area (Å²) in [4.78, 5) is 29.2. The van der Waals surface area contributed by atoms with E-state index in [0.29, 0.717) is 12.2 Å². The van der Waals surface area contributed by atoms with Gasteiger partial charge in [-0.15, -0.1) is 0 Å². The van der Waals surface area contributed by atoms with Crippen molar-refractivity contribution in [1.29, 1.82) is 0 Å². The molecule has 2 aromatic carbocycles. The minimum atomic E-state index is -0.645. The second-order valence-electron chi connectivity index (χ2n) is 8.38. The predicted octanol–water partition coefficient (Wildman–Crippen LogP) is 3.04. The molecule has 1 atom stereocenters. The molecule has 0 saturated heterocycles. The molecule has 0 fully saturated rings. The molecule has 1 aliphatic heterocycles. The average Bonchev–Trinajstić information content (AvgIpc) is 2.70. The van der Waals surface area contributed by atoms with Gasteiger partial charge in [-0.25, -0.2) is 0 Å². The first-order valence-electron chi connectivity index (χ1n) is 10.4. The molecule has 6 heteroatoms. The number of nitrogens with zero attached hydrogens (tertiary/aromatic N) is 2. The van der Waals surface area contributed by atoms with Gasteiger partial charge < -0.3 is 20.4 Å². The highest BCUT2D eigenvalue weighted by Gasteiger charge is 2.21. The van der Waals surface area contributed by atoms with Gasteiger partial charge in [0, 0.05) is 31.5 Å². The molecule has 30 heavy (non-hydrogen) atoms. The largest absolute Gasteiger partial charge is 0.374 e. The smallest absolute Gasteiger partial charge is 0.313 e. The third kappa shape index (κ3) is 5.00. The van der Waals surface area contributed by atoms with Gasteiger partial charge in [0.05, 0.1) is 6.04 Å². The maximum absolute atomic E-state index is 12.4. The van der Waals surface area contributed by atoms with E-state index in [2.05, 4.69) is 45.7 Å². The Morgan fingerprint density at radius 2 is 1.87 bits per heavy atom. The summed E-state index contributed by atoms with van der Waals surface area (Å²) in [5.74, 6) is -1.27. The van der Waals surface area contributed by atoms with E-state index in [9.17, 15) is 9.59 Å². The number of amides is 2. The van der Waals surface area contributed by atoms with Gasteiger partial charge in [-0.05, 0) is 75.2 Å². The first-order valence-corrected chi connectivity index (χ1v) is 10.4. The van der Waals surface area contributed by atoms with Gasteiger partial charge in [0.2, 0.25) is 0 Å². The van der Waals surface area contributed by atoms with Crippen LogP contribution in [0.1, 0.15) is 34.7 Å². The molecule has 1 aliphatic rings. The Hall–Kier alpha value is -2.86. The van der Waals surface area contributed by atoms with Crippen molar-refractivity contribution < 1.29 is 9.59 Å². The van der Waals surface area contributed by atoms with Crippen LogP contribution in [0.3, 0.4) is 0 Å². The fourth-order valence-electron chi connectivity index (χ4n) is 3.93. The molecule has 0 unspecified atom stereocenters. The lowest BCUT2D eigenvalue weighted by molar-refractivity contribution is -0.136. The number of hydrogen-bond donors (Lipinski definition) is 2. The third-order valence-electron chi connectivity index (χ3n) is 5.77. The van der Waals surface area contributed by atoms with E-state index in [1.165, 1.54) is 11.3 Å². The topological polar surface area (TPSA) is 64.7 Å². The van der Waals surface area contributed by atoms with Crippen LogP contribution in [0.4, 0.5) is 11.4 Å². The molecule has 3 rings (SSSR count). The Labute approximate surface area is 179 Å². The second kappa shape index (κ2) is 9.30. The van der Waals surface area contributed by atoms with Crippen molar-refractivity contribution in [2.75, 3.05) is 44.4 Å². The Morgan fingerprint density at radius 3 is 2.60 bits per heavy atom. The van der Waals surface area contributed by atoms with Crippen LogP contribution in [0, 0.1) is 13.8 Å². The van der Waals surface area contributed by atoms with Crippen molar-refractivity contribution in [1.82, 2.24) is 10.2 Å². The van der Waals surface area contributed by atoms with E-state index in [-0.39, 0.29) is 6.04 Å². The van der Waals surface area contributed by atoms with Crippen molar-refractivity contribution in [3.63, 3.8) is 0 Å². The lowest BCUT2D eigenvalue weighted by Gasteiger charge is -2.30. The zero-order chi connectivity index (χ0) is 21.8.